The highest BCUT2D eigenvalue weighted by Crippen LogP contribution is 2.34. The lowest BCUT2D eigenvalue weighted by molar-refractivity contribution is -0.137. The minimum absolute atomic E-state index is 0.0438. The Balaban J connectivity index is 1.37. The van der Waals surface area contributed by atoms with E-state index in [4.69, 9.17) is 28.9 Å². The average Bonchev–Trinajstić information content (AvgIpc) is 3.54. The Bertz CT molecular complexity index is 1590. The molecule has 3 N–H and O–H groups in total. The van der Waals surface area contributed by atoms with Crippen molar-refractivity contribution in [1.29, 1.82) is 0 Å². The molecule has 3 amide bonds. The molecular formula is C25H19Cl2F2N5O3S. The van der Waals surface area contributed by atoms with Crippen LogP contribution in [-0.2, 0) is 16.1 Å². The van der Waals surface area contributed by atoms with E-state index < -0.39 is 35.8 Å². The zero-order valence-electron chi connectivity index (χ0n) is 19.5. The van der Waals surface area contributed by atoms with Gasteiger partial charge in [-0.05, 0) is 18.2 Å². The van der Waals surface area contributed by atoms with Gasteiger partial charge >= 0.3 is 0 Å². The molecule has 2 atom stereocenters. The topological polar surface area (TPSA) is 110 Å². The second-order valence-corrected chi connectivity index (χ2v) is 10.8. The van der Waals surface area contributed by atoms with Crippen LogP contribution in [-0.4, -0.2) is 51.2 Å². The molecule has 0 saturated carbocycles. The molecule has 38 heavy (non-hydrogen) atoms. The minimum atomic E-state index is -1.46. The van der Waals surface area contributed by atoms with Crippen molar-refractivity contribution in [1.82, 2.24) is 14.7 Å². The zero-order valence-corrected chi connectivity index (χ0v) is 21.8. The number of alkyl halides is 1. The van der Waals surface area contributed by atoms with Crippen LogP contribution >= 0.6 is 34.5 Å². The second-order valence-electron chi connectivity index (χ2n) is 8.67. The van der Waals surface area contributed by atoms with Gasteiger partial charge in [0.1, 0.15) is 18.8 Å². The molecule has 5 rings (SSSR count). The lowest BCUT2D eigenvalue weighted by Crippen LogP contribution is -2.44. The van der Waals surface area contributed by atoms with Crippen molar-refractivity contribution in [3.05, 3.63) is 69.4 Å². The van der Waals surface area contributed by atoms with Crippen molar-refractivity contribution in [2.75, 3.05) is 11.9 Å². The van der Waals surface area contributed by atoms with E-state index in [1.807, 2.05) is 0 Å². The molecule has 0 unspecified atom stereocenters. The number of primary amides is 1. The first kappa shape index (κ1) is 26.1. The summed E-state index contributed by atoms with van der Waals surface area (Å²) in [6, 6.07) is 11.5. The monoisotopic (exact) mass is 577 g/mol. The molecule has 0 aliphatic carbocycles. The molecule has 1 fully saturated rings. The van der Waals surface area contributed by atoms with Crippen molar-refractivity contribution >= 4 is 68.2 Å². The summed E-state index contributed by atoms with van der Waals surface area (Å²) in [4.78, 5) is 39.2. The van der Waals surface area contributed by atoms with E-state index in [0.29, 0.717) is 25.1 Å². The van der Waals surface area contributed by atoms with Crippen LogP contribution in [0.5, 0.6) is 0 Å². The molecular weight excluding hydrogens is 559 g/mol. The Hall–Kier alpha value is -3.54. The number of anilines is 1. The molecule has 13 heteroatoms. The van der Waals surface area contributed by atoms with Gasteiger partial charge in [-0.15, -0.1) is 11.3 Å². The number of thiophene rings is 1. The van der Waals surface area contributed by atoms with Crippen LogP contribution in [0.4, 0.5) is 14.5 Å². The maximum atomic E-state index is 15.3. The molecule has 3 heterocycles. The fourth-order valence-electron chi connectivity index (χ4n) is 4.48. The van der Waals surface area contributed by atoms with Gasteiger partial charge < -0.3 is 16.0 Å². The standard InChI is InChI=1S/C25H19Cl2F2N5O3S/c26-15-6-2-1-4-13(15)14-5-3-7-16(21(14)29)31-25(37)18-8-12(28)10-33(18)20(35)11-34-17-9-19(27)38-23(17)22(32-34)24(30)36/h1-7,9,12,18H,8,10-11H2,(H2,30,36)(H,31,37)/t12-,18+/m1/s1. The quantitative estimate of drug-likeness (QED) is 0.340. The number of nitrogens with zero attached hydrogens (tertiary/aromatic N) is 3. The third kappa shape index (κ3) is 4.84. The molecule has 0 bridgehead atoms. The van der Waals surface area contributed by atoms with Gasteiger partial charge in [0.2, 0.25) is 11.8 Å². The largest absolute Gasteiger partial charge is 0.364 e. The van der Waals surface area contributed by atoms with Gasteiger partial charge in [0.25, 0.3) is 5.91 Å². The number of hydrogen-bond donors (Lipinski definition) is 2. The summed E-state index contributed by atoms with van der Waals surface area (Å²) < 4.78 is 31.8. The van der Waals surface area contributed by atoms with Gasteiger partial charge in [0.05, 0.1) is 26.8 Å². The van der Waals surface area contributed by atoms with Crippen LogP contribution in [0.25, 0.3) is 21.3 Å². The number of amides is 3. The van der Waals surface area contributed by atoms with Crippen molar-refractivity contribution < 1.29 is 23.2 Å². The average molecular weight is 578 g/mol. The number of halogens is 4. The molecule has 1 aliphatic rings. The maximum absolute atomic E-state index is 15.3. The molecule has 196 valence electrons. The van der Waals surface area contributed by atoms with Crippen LogP contribution in [0.15, 0.2) is 48.5 Å². The Morgan fingerprint density at radius 1 is 1.13 bits per heavy atom. The number of nitrogens with one attached hydrogen (secondary N) is 1. The number of rotatable bonds is 6. The van der Waals surface area contributed by atoms with E-state index in [1.54, 1.807) is 30.3 Å². The van der Waals surface area contributed by atoms with Gasteiger partial charge in [-0.3, -0.25) is 19.1 Å². The lowest BCUT2D eigenvalue weighted by Gasteiger charge is -2.24. The Morgan fingerprint density at radius 3 is 2.61 bits per heavy atom. The van der Waals surface area contributed by atoms with E-state index in [-0.39, 0.29) is 36.5 Å². The molecule has 1 aliphatic heterocycles. The molecule has 1 saturated heterocycles. The summed E-state index contributed by atoms with van der Waals surface area (Å²) in [6.07, 6.45) is -1.71. The second kappa shape index (κ2) is 10.3. The summed E-state index contributed by atoms with van der Waals surface area (Å²) in [5, 5.41) is 6.93. The van der Waals surface area contributed by atoms with Crippen LogP contribution < -0.4 is 11.1 Å². The number of benzene rings is 2. The van der Waals surface area contributed by atoms with E-state index in [2.05, 4.69) is 10.4 Å². The number of nitrogens with two attached hydrogens (primary N) is 1. The number of fused-ring (bicyclic) bond motifs is 1. The number of likely N-dealkylation sites (tertiary alicyclic amines) is 1. The maximum Gasteiger partial charge on any atom is 0.270 e. The van der Waals surface area contributed by atoms with E-state index >= 15 is 4.39 Å². The molecule has 2 aromatic carbocycles. The molecule has 0 spiro atoms. The minimum Gasteiger partial charge on any atom is -0.364 e. The highest BCUT2D eigenvalue weighted by molar-refractivity contribution is 7.23. The first-order chi connectivity index (χ1) is 18.1. The highest BCUT2D eigenvalue weighted by Gasteiger charge is 2.40. The van der Waals surface area contributed by atoms with Crippen LogP contribution in [0.3, 0.4) is 0 Å². The highest BCUT2D eigenvalue weighted by atomic mass is 35.5. The Kier molecular flexibility index (Phi) is 7.08. The predicted octanol–water partition coefficient (Wildman–Crippen LogP) is 4.89. The van der Waals surface area contributed by atoms with Gasteiger partial charge in [0.15, 0.2) is 11.5 Å². The van der Waals surface area contributed by atoms with Gasteiger partial charge in [-0.2, -0.15) is 5.10 Å². The van der Waals surface area contributed by atoms with Crippen LogP contribution in [0.2, 0.25) is 9.36 Å². The summed E-state index contributed by atoms with van der Waals surface area (Å²) in [5.41, 5.74) is 6.25. The molecule has 8 nitrogen and oxygen atoms in total. The summed E-state index contributed by atoms with van der Waals surface area (Å²) >= 11 is 13.3. The summed E-state index contributed by atoms with van der Waals surface area (Å²) in [7, 11) is 0. The van der Waals surface area contributed by atoms with Gasteiger partial charge in [0, 0.05) is 22.6 Å². The first-order valence-corrected chi connectivity index (χ1v) is 12.9. The number of carbonyl (C=O) groups excluding carboxylic acids is 3. The van der Waals surface area contributed by atoms with E-state index in [9.17, 15) is 18.8 Å². The smallest absolute Gasteiger partial charge is 0.270 e. The van der Waals surface area contributed by atoms with E-state index in [0.717, 1.165) is 16.2 Å². The number of aromatic nitrogens is 2. The summed E-state index contributed by atoms with van der Waals surface area (Å²) in [5.74, 6) is -2.86. The fraction of sp³-hybridized carbons (Fsp3) is 0.200. The zero-order chi connectivity index (χ0) is 27.1. The van der Waals surface area contributed by atoms with Crippen molar-refractivity contribution in [3.8, 4) is 11.1 Å². The van der Waals surface area contributed by atoms with Gasteiger partial charge in [-0.1, -0.05) is 53.5 Å². The fourth-order valence-corrected chi connectivity index (χ4v) is 5.92. The number of carbonyl (C=O) groups is 3. The molecule has 4 aromatic rings. The number of hydrogen-bond acceptors (Lipinski definition) is 5. The summed E-state index contributed by atoms with van der Waals surface area (Å²) in [6.45, 7) is -0.708. The third-order valence-electron chi connectivity index (χ3n) is 6.21. The SMILES string of the molecule is NC(=O)c1nn(CC(=O)N2C[C@H](F)C[C@H]2C(=O)Nc2cccc(-c3ccccc3Cl)c2F)c2cc(Cl)sc12. The third-order valence-corrected chi connectivity index (χ3v) is 7.80. The Morgan fingerprint density at radius 2 is 1.87 bits per heavy atom. The predicted molar refractivity (Wildman–Crippen MR) is 142 cm³/mol. The van der Waals surface area contributed by atoms with Crippen LogP contribution in [0.1, 0.15) is 16.9 Å². The van der Waals surface area contributed by atoms with Crippen molar-refractivity contribution in [3.63, 3.8) is 0 Å². The van der Waals surface area contributed by atoms with Crippen molar-refractivity contribution in [2.45, 2.75) is 25.2 Å². The van der Waals surface area contributed by atoms with Gasteiger partial charge in [-0.25, -0.2) is 8.78 Å². The normalized spacial score (nSPS) is 17.2. The van der Waals surface area contributed by atoms with Crippen LogP contribution in [0, 0.1) is 5.82 Å². The lowest BCUT2D eigenvalue weighted by atomic mass is 10.0. The molecule has 0 radical (unpaired) electrons. The van der Waals surface area contributed by atoms with E-state index in [1.165, 1.54) is 22.9 Å². The van der Waals surface area contributed by atoms with Crippen molar-refractivity contribution in [2.24, 2.45) is 5.73 Å². The Labute approximate surface area is 228 Å². The molecule has 2 aromatic heterocycles. The first-order valence-electron chi connectivity index (χ1n) is 11.4.